The van der Waals surface area contributed by atoms with Crippen molar-refractivity contribution in [3.63, 3.8) is 0 Å². The molecular weight excluding hydrogens is 616 g/mol. The van der Waals surface area contributed by atoms with Gasteiger partial charge >= 0.3 is 6.09 Å². The highest BCUT2D eigenvalue weighted by molar-refractivity contribution is 6.33. The van der Waals surface area contributed by atoms with Crippen LogP contribution in [-0.2, 0) is 16.1 Å². The number of anilines is 2. The van der Waals surface area contributed by atoms with Gasteiger partial charge < -0.3 is 25.3 Å². The molecule has 1 unspecified atom stereocenters. The number of ether oxygens (including phenoxy) is 1. The summed E-state index contributed by atoms with van der Waals surface area (Å²) in [7, 11) is 3.87. The first kappa shape index (κ1) is 33.9. The van der Waals surface area contributed by atoms with Crippen LogP contribution in [0.3, 0.4) is 0 Å². The summed E-state index contributed by atoms with van der Waals surface area (Å²) >= 11 is 6.57. The molecule has 2 amide bonds. The van der Waals surface area contributed by atoms with Gasteiger partial charge in [-0.3, -0.25) is 14.7 Å². The second kappa shape index (κ2) is 15.0. The van der Waals surface area contributed by atoms with Gasteiger partial charge in [-0.1, -0.05) is 35.9 Å². The average Bonchev–Trinajstić information content (AvgIpc) is 3.45. The number of rotatable bonds is 10. The minimum Gasteiger partial charge on any atom is -0.444 e. The molecule has 0 aliphatic heterocycles. The lowest BCUT2D eigenvalue weighted by molar-refractivity contribution is -0.111. The first-order chi connectivity index (χ1) is 22.4. The molecule has 5 rings (SSSR count). The van der Waals surface area contributed by atoms with E-state index in [1.165, 1.54) is 6.08 Å². The number of para-hydroxylation sites is 1. The molecule has 0 radical (unpaired) electrons. The smallest absolute Gasteiger partial charge is 0.410 e. The molecule has 1 saturated carbocycles. The summed E-state index contributed by atoms with van der Waals surface area (Å²) in [5.41, 5.74) is 3.18. The van der Waals surface area contributed by atoms with Gasteiger partial charge in [-0.05, 0) is 78.7 Å². The number of amides is 2. The molecule has 0 bridgehead atoms. The molecule has 2 atom stereocenters. The molecule has 0 spiro atoms. The third-order valence-electron chi connectivity index (χ3n) is 7.80. The van der Waals surface area contributed by atoms with E-state index in [4.69, 9.17) is 21.3 Å². The Labute approximate surface area is 280 Å². The summed E-state index contributed by atoms with van der Waals surface area (Å²) in [6.45, 7) is 6.52. The fraction of sp³-hybridized carbons (Fsp3) is 0.400. The van der Waals surface area contributed by atoms with Gasteiger partial charge in [0.25, 0.3) is 0 Å². The number of carbonyl (C=O) groups is 2. The van der Waals surface area contributed by atoms with E-state index in [1.54, 1.807) is 29.4 Å². The number of H-pyrrole nitrogens is 1. The maximum atomic E-state index is 13.6. The number of hydrogen-bond donors (Lipinski definition) is 3. The lowest BCUT2D eigenvalue weighted by Gasteiger charge is -2.38. The molecule has 3 heterocycles. The maximum Gasteiger partial charge on any atom is 0.410 e. The summed E-state index contributed by atoms with van der Waals surface area (Å²) in [6, 6.07) is 11.6. The van der Waals surface area contributed by atoms with Crippen LogP contribution in [0.5, 0.6) is 0 Å². The fourth-order valence-electron chi connectivity index (χ4n) is 5.64. The highest BCUT2D eigenvalue weighted by Gasteiger charge is 2.33. The van der Waals surface area contributed by atoms with Crippen molar-refractivity contribution in [3.8, 4) is 11.3 Å². The number of halogens is 1. The molecule has 47 heavy (non-hydrogen) atoms. The summed E-state index contributed by atoms with van der Waals surface area (Å²) in [4.78, 5) is 46.7. The Balaban J connectivity index is 1.29. The van der Waals surface area contributed by atoms with Gasteiger partial charge in [-0.2, -0.15) is 0 Å². The van der Waals surface area contributed by atoms with Crippen molar-refractivity contribution in [1.82, 2.24) is 29.7 Å². The molecular formula is C35H43ClN8O3. The number of carbonyl (C=O) groups excluding carboxylic acids is 2. The third kappa shape index (κ3) is 9.30. The van der Waals surface area contributed by atoms with Gasteiger partial charge in [0.1, 0.15) is 5.60 Å². The van der Waals surface area contributed by atoms with Crippen molar-refractivity contribution in [1.29, 1.82) is 0 Å². The number of pyridine rings is 1. The first-order valence-corrected chi connectivity index (χ1v) is 16.3. The maximum absolute atomic E-state index is 13.6. The number of aromatic nitrogens is 4. The molecule has 3 N–H and O–H groups in total. The number of hydrogen-bond acceptors (Lipinski definition) is 8. The van der Waals surface area contributed by atoms with Gasteiger partial charge in [0.05, 0.1) is 41.0 Å². The Hall–Kier alpha value is -4.48. The number of benzene rings is 1. The van der Waals surface area contributed by atoms with Crippen LogP contribution in [-0.4, -0.2) is 80.1 Å². The zero-order valence-electron chi connectivity index (χ0n) is 27.6. The molecule has 1 fully saturated rings. The van der Waals surface area contributed by atoms with E-state index in [1.807, 2.05) is 76.3 Å². The van der Waals surface area contributed by atoms with E-state index in [2.05, 4.69) is 25.6 Å². The normalized spacial score (nSPS) is 16.8. The van der Waals surface area contributed by atoms with E-state index in [0.29, 0.717) is 41.0 Å². The molecule has 1 aliphatic carbocycles. The molecule has 1 aromatic carbocycles. The zero-order valence-corrected chi connectivity index (χ0v) is 28.3. The van der Waals surface area contributed by atoms with Crippen molar-refractivity contribution >= 4 is 46.1 Å². The minimum atomic E-state index is -0.654. The standard InChI is InChI=1S/C35H43ClN8O3/c1-35(2,3)47-34(46)44(22-25-16-15-24(19-37-25)40-31(45)14-9-17-43(4)5)26-11-8-10-23(18-26)41-33-39-21-29(36)32(42-33)28-20-38-30-13-7-6-12-27(28)30/h6-7,9,12-16,19-21,23,26,38H,8,10-11,17-18,22H2,1-5H3,(H,40,45)(H,39,41,42)/b14-9+/t23-,26?/m1/s1. The Morgan fingerprint density at radius 1 is 1.11 bits per heavy atom. The highest BCUT2D eigenvalue weighted by Crippen LogP contribution is 2.33. The number of likely N-dealkylation sites (N-methyl/N-ethyl adjacent to an activating group) is 1. The Kier molecular flexibility index (Phi) is 10.8. The minimum absolute atomic E-state index is 0.0294. The predicted octanol–water partition coefficient (Wildman–Crippen LogP) is 6.89. The first-order valence-electron chi connectivity index (χ1n) is 15.9. The summed E-state index contributed by atoms with van der Waals surface area (Å²) in [5.74, 6) is 0.260. The zero-order chi connectivity index (χ0) is 33.6. The van der Waals surface area contributed by atoms with Gasteiger partial charge in [0.2, 0.25) is 11.9 Å². The van der Waals surface area contributed by atoms with Crippen LogP contribution in [0.4, 0.5) is 16.4 Å². The Bertz CT molecular complexity index is 1710. The second-order valence-corrected chi connectivity index (χ2v) is 13.5. The van der Waals surface area contributed by atoms with Crippen molar-refractivity contribution in [2.75, 3.05) is 31.3 Å². The van der Waals surface area contributed by atoms with Crippen LogP contribution in [0.15, 0.2) is 67.1 Å². The fourth-order valence-corrected chi connectivity index (χ4v) is 5.83. The average molecular weight is 659 g/mol. The van der Waals surface area contributed by atoms with Crippen LogP contribution < -0.4 is 10.6 Å². The van der Waals surface area contributed by atoms with Gasteiger partial charge in [-0.15, -0.1) is 0 Å². The van der Waals surface area contributed by atoms with Crippen LogP contribution in [0.25, 0.3) is 22.2 Å². The van der Waals surface area contributed by atoms with Gasteiger partial charge in [-0.25, -0.2) is 14.8 Å². The summed E-state index contributed by atoms with van der Waals surface area (Å²) in [6.07, 6.45) is 11.4. The third-order valence-corrected chi connectivity index (χ3v) is 8.08. The molecule has 4 aromatic rings. The van der Waals surface area contributed by atoms with E-state index in [-0.39, 0.29) is 24.5 Å². The molecule has 11 nitrogen and oxygen atoms in total. The summed E-state index contributed by atoms with van der Waals surface area (Å²) < 4.78 is 5.84. The Morgan fingerprint density at radius 2 is 1.91 bits per heavy atom. The van der Waals surface area contributed by atoms with Crippen LogP contribution in [0.2, 0.25) is 5.02 Å². The van der Waals surface area contributed by atoms with Gasteiger partial charge in [0.15, 0.2) is 0 Å². The largest absolute Gasteiger partial charge is 0.444 e. The van der Waals surface area contributed by atoms with E-state index < -0.39 is 11.7 Å². The number of aromatic amines is 1. The number of fused-ring (bicyclic) bond motifs is 1. The van der Waals surface area contributed by atoms with Crippen LogP contribution in [0.1, 0.15) is 52.1 Å². The molecule has 3 aromatic heterocycles. The van der Waals surface area contributed by atoms with Crippen LogP contribution >= 0.6 is 11.6 Å². The SMILES string of the molecule is CN(C)C/C=C/C(=O)Nc1ccc(CN(C(=O)OC(C)(C)C)C2CCC[C@@H](Nc3ncc(Cl)c(-c4c[nH]c5ccccc45)n3)C2)nc1. The monoisotopic (exact) mass is 658 g/mol. The number of nitrogens with zero attached hydrogens (tertiary/aromatic N) is 5. The molecule has 12 heteroatoms. The van der Waals surface area contributed by atoms with E-state index in [9.17, 15) is 9.59 Å². The topological polar surface area (TPSA) is 128 Å². The molecule has 0 saturated heterocycles. The number of nitrogens with one attached hydrogen (secondary N) is 3. The van der Waals surface area contributed by atoms with Crippen molar-refractivity contribution in [3.05, 3.63) is 77.9 Å². The van der Waals surface area contributed by atoms with Crippen molar-refractivity contribution in [2.24, 2.45) is 0 Å². The highest BCUT2D eigenvalue weighted by atomic mass is 35.5. The van der Waals surface area contributed by atoms with Crippen LogP contribution in [0, 0.1) is 0 Å². The summed E-state index contributed by atoms with van der Waals surface area (Å²) in [5, 5.41) is 7.83. The molecule has 248 valence electrons. The second-order valence-electron chi connectivity index (χ2n) is 13.1. The van der Waals surface area contributed by atoms with Gasteiger partial charge in [0, 0.05) is 47.4 Å². The predicted molar refractivity (Wildman–Crippen MR) is 186 cm³/mol. The quantitative estimate of drug-likeness (QED) is 0.157. The van der Waals surface area contributed by atoms with Crippen molar-refractivity contribution < 1.29 is 14.3 Å². The Morgan fingerprint density at radius 3 is 2.66 bits per heavy atom. The van der Waals surface area contributed by atoms with Crippen molar-refractivity contribution in [2.45, 2.75) is 70.7 Å². The molecule has 1 aliphatic rings. The lowest BCUT2D eigenvalue weighted by Crippen LogP contribution is -2.47. The van der Waals surface area contributed by atoms with E-state index >= 15 is 0 Å². The van der Waals surface area contributed by atoms with E-state index in [0.717, 1.165) is 35.7 Å². The lowest BCUT2D eigenvalue weighted by atomic mass is 9.90.